The van der Waals surface area contributed by atoms with Gasteiger partial charge in [0.05, 0.1) is 13.0 Å². The van der Waals surface area contributed by atoms with Gasteiger partial charge in [0.25, 0.3) is 0 Å². The Morgan fingerprint density at radius 3 is 2.88 bits per heavy atom. The number of benzene rings is 1. The van der Waals surface area contributed by atoms with Crippen molar-refractivity contribution in [2.24, 2.45) is 0 Å². The van der Waals surface area contributed by atoms with Crippen LogP contribution in [0, 0.1) is 5.82 Å². The van der Waals surface area contributed by atoms with Crippen LogP contribution in [0.1, 0.15) is 25.3 Å². The van der Waals surface area contributed by atoms with E-state index >= 15 is 0 Å². The summed E-state index contributed by atoms with van der Waals surface area (Å²) in [6, 6.07) is 4.88. The first kappa shape index (κ1) is 19.8. The molecule has 1 N–H and O–H groups in total. The molecule has 2 rings (SSSR count). The fraction of sp³-hybridized carbons (Fsp3) is 0.333. The average Bonchev–Trinajstić information content (AvgIpc) is 3.00. The molecule has 1 amide bonds. The lowest BCUT2D eigenvalue weighted by Gasteiger charge is -2.02. The van der Waals surface area contributed by atoms with Crippen LogP contribution in [-0.2, 0) is 20.1 Å². The highest BCUT2D eigenvalue weighted by Gasteiger charge is 2.12. The highest BCUT2D eigenvalue weighted by Crippen LogP contribution is 2.29. The maximum absolute atomic E-state index is 13.8. The zero-order valence-corrected chi connectivity index (χ0v) is 16.5. The molecule has 0 atom stereocenters. The average molecular weight is 448 g/mol. The second-order valence-corrected chi connectivity index (χ2v) is 7.87. The Kier molecular flexibility index (Phi) is 7.79. The number of hydrogen-bond acceptors (Lipinski definition) is 7. The number of carbonyl (C=O) groups is 2. The molecule has 0 aliphatic rings. The van der Waals surface area contributed by atoms with Crippen LogP contribution in [0.25, 0.3) is 0 Å². The minimum absolute atomic E-state index is 0.0168. The lowest BCUT2D eigenvalue weighted by atomic mass is 10.2. The molecule has 10 heteroatoms. The summed E-state index contributed by atoms with van der Waals surface area (Å²) in [4.78, 5) is 23.0. The van der Waals surface area contributed by atoms with Crippen molar-refractivity contribution in [2.45, 2.75) is 29.9 Å². The Morgan fingerprint density at radius 1 is 1.36 bits per heavy atom. The van der Waals surface area contributed by atoms with Crippen LogP contribution in [0.4, 0.5) is 9.52 Å². The van der Waals surface area contributed by atoms with E-state index < -0.39 is 5.97 Å². The summed E-state index contributed by atoms with van der Waals surface area (Å²) in [6.45, 7) is 1.99. The first-order valence-electron chi connectivity index (χ1n) is 7.33. The van der Waals surface area contributed by atoms with Crippen LogP contribution in [0.15, 0.2) is 27.0 Å². The molecule has 0 spiro atoms. The summed E-state index contributed by atoms with van der Waals surface area (Å²) in [5.74, 6) is -0.633. The van der Waals surface area contributed by atoms with Gasteiger partial charge in [-0.15, -0.1) is 10.2 Å². The Labute approximate surface area is 160 Å². The number of nitrogens with zero attached hydrogens (tertiary/aromatic N) is 2. The number of ether oxygens (including phenoxy) is 1. The molecule has 0 aliphatic heterocycles. The van der Waals surface area contributed by atoms with E-state index in [1.807, 2.05) is 0 Å². The van der Waals surface area contributed by atoms with Crippen LogP contribution < -0.4 is 5.32 Å². The van der Waals surface area contributed by atoms with Crippen molar-refractivity contribution in [1.82, 2.24) is 10.2 Å². The van der Waals surface area contributed by atoms with E-state index in [0.29, 0.717) is 25.3 Å². The van der Waals surface area contributed by atoms with Crippen LogP contribution in [0.3, 0.4) is 0 Å². The van der Waals surface area contributed by atoms with Gasteiger partial charge < -0.3 is 10.1 Å². The molecule has 25 heavy (non-hydrogen) atoms. The maximum Gasteiger partial charge on any atom is 0.306 e. The van der Waals surface area contributed by atoms with Gasteiger partial charge in [-0.2, -0.15) is 0 Å². The van der Waals surface area contributed by atoms with Crippen molar-refractivity contribution >= 4 is 56.0 Å². The summed E-state index contributed by atoms with van der Waals surface area (Å²) in [5, 5.41) is 10.7. The maximum atomic E-state index is 13.8. The van der Waals surface area contributed by atoms with Gasteiger partial charge in [0, 0.05) is 16.6 Å². The first-order chi connectivity index (χ1) is 12.0. The van der Waals surface area contributed by atoms with Gasteiger partial charge in [-0.3, -0.25) is 9.59 Å². The van der Waals surface area contributed by atoms with Crippen LogP contribution in [-0.4, -0.2) is 28.7 Å². The van der Waals surface area contributed by atoms with Crippen molar-refractivity contribution in [3.8, 4) is 0 Å². The SMILES string of the molecule is CCOC(=O)CCC(=O)Nc1nnc(SCc2ccc(Br)cc2F)s1. The van der Waals surface area contributed by atoms with E-state index in [2.05, 4.69) is 31.4 Å². The minimum Gasteiger partial charge on any atom is -0.466 e. The second kappa shape index (κ2) is 9.83. The summed E-state index contributed by atoms with van der Waals surface area (Å²) in [6.07, 6.45) is 0.0356. The quantitative estimate of drug-likeness (QED) is 0.373. The summed E-state index contributed by atoms with van der Waals surface area (Å²) in [5.41, 5.74) is 0.559. The molecule has 0 saturated carbocycles. The monoisotopic (exact) mass is 447 g/mol. The predicted octanol–water partition coefficient (Wildman–Crippen LogP) is 4.01. The van der Waals surface area contributed by atoms with Gasteiger partial charge in [0.1, 0.15) is 5.82 Å². The van der Waals surface area contributed by atoms with Crippen molar-refractivity contribution in [1.29, 1.82) is 0 Å². The number of rotatable bonds is 8. The summed E-state index contributed by atoms with van der Waals surface area (Å²) >= 11 is 5.74. The molecule has 1 aromatic carbocycles. The van der Waals surface area contributed by atoms with Gasteiger partial charge in [-0.05, 0) is 24.6 Å². The fourth-order valence-electron chi connectivity index (χ4n) is 1.73. The van der Waals surface area contributed by atoms with Crippen molar-refractivity contribution in [3.63, 3.8) is 0 Å². The van der Waals surface area contributed by atoms with Gasteiger partial charge in [0.2, 0.25) is 11.0 Å². The van der Waals surface area contributed by atoms with E-state index in [4.69, 9.17) is 4.74 Å². The molecule has 0 radical (unpaired) electrons. The Hall–Kier alpha value is -1.52. The highest BCUT2D eigenvalue weighted by atomic mass is 79.9. The third-order valence-electron chi connectivity index (χ3n) is 2.88. The summed E-state index contributed by atoms with van der Waals surface area (Å²) < 4.78 is 19.8. The van der Waals surface area contributed by atoms with Crippen LogP contribution in [0.2, 0.25) is 0 Å². The van der Waals surface area contributed by atoms with E-state index in [-0.39, 0.29) is 31.2 Å². The molecule has 134 valence electrons. The molecule has 0 unspecified atom stereocenters. The van der Waals surface area contributed by atoms with E-state index in [9.17, 15) is 14.0 Å². The minimum atomic E-state index is -0.414. The third-order valence-corrected chi connectivity index (χ3v) is 5.39. The highest BCUT2D eigenvalue weighted by molar-refractivity contribution is 9.10. The van der Waals surface area contributed by atoms with Crippen LogP contribution in [0.5, 0.6) is 0 Å². The number of halogens is 2. The second-order valence-electron chi connectivity index (χ2n) is 4.75. The summed E-state index contributed by atoms with van der Waals surface area (Å²) in [7, 11) is 0. The Morgan fingerprint density at radius 2 is 2.16 bits per heavy atom. The molecule has 6 nitrogen and oxygen atoms in total. The fourth-order valence-corrected chi connectivity index (χ4v) is 3.82. The number of thioether (sulfide) groups is 1. The number of carbonyl (C=O) groups excluding carboxylic acids is 2. The molecule has 0 fully saturated rings. The molecular formula is C15H15BrFN3O3S2. The van der Waals surface area contributed by atoms with Crippen LogP contribution >= 0.6 is 39.0 Å². The zero-order chi connectivity index (χ0) is 18.2. The number of hydrogen-bond donors (Lipinski definition) is 1. The number of esters is 1. The Bertz CT molecular complexity index is 757. The number of anilines is 1. The molecule has 1 aromatic heterocycles. The van der Waals surface area contributed by atoms with E-state index in [0.717, 1.165) is 0 Å². The first-order valence-corrected chi connectivity index (χ1v) is 9.93. The zero-order valence-electron chi connectivity index (χ0n) is 13.3. The molecular weight excluding hydrogens is 433 g/mol. The number of nitrogens with one attached hydrogen (secondary N) is 1. The largest absolute Gasteiger partial charge is 0.466 e. The molecule has 2 aromatic rings. The van der Waals surface area contributed by atoms with Gasteiger partial charge in [-0.1, -0.05) is 45.1 Å². The number of aromatic nitrogens is 2. The number of amides is 1. The van der Waals surface area contributed by atoms with Crippen molar-refractivity contribution < 1.29 is 18.7 Å². The predicted molar refractivity (Wildman–Crippen MR) is 98.1 cm³/mol. The van der Waals surface area contributed by atoms with Crippen molar-refractivity contribution in [2.75, 3.05) is 11.9 Å². The molecule has 0 bridgehead atoms. The van der Waals surface area contributed by atoms with E-state index in [1.165, 1.54) is 29.2 Å². The van der Waals surface area contributed by atoms with Crippen molar-refractivity contribution in [3.05, 3.63) is 34.1 Å². The molecule has 0 saturated heterocycles. The Balaban J connectivity index is 1.81. The van der Waals surface area contributed by atoms with Gasteiger partial charge in [-0.25, -0.2) is 4.39 Å². The lowest BCUT2D eigenvalue weighted by molar-refractivity contribution is -0.144. The van der Waals surface area contributed by atoms with E-state index in [1.54, 1.807) is 19.1 Å². The standard InChI is InChI=1S/C15H15BrFN3O3S2/c1-2-23-13(22)6-5-12(21)18-14-19-20-15(25-14)24-8-9-3-4-10(16)7-11(9)17/h3-4,7H,2,5-6,8H2,1H3,(H,18,19,21). The smallest absolute Gasteiger partial charge is 0.306 e. The normalized spacial score (nSPS) is 10.5. The topological polar surface area (TPSA) is 81.2 Å². The lowest BCUT2D eigenvalue weighted by Crippen LogP contribution is -2.14. The van der Waals surface area contributed by atoms with Gasteiger partial charge in [0.15, 0.2) is 4.34 Å². The third kappa shape index (κ3) is 6.71. The molecule has 0 aliphatic carbocycles. The molecule has 1 heterocycles. The van der Waals surface area contributed by atoms with Gasteiger partial charge >= 0.3 is 5.97 Å².